The van der Waals surface area contributed by atoms with E-state index in [9.17, 15) is 4.79 Å². The van der Waals surface area contributed by atoms with Crippen LogP contribution < -0.4 is 5.73 Å². The monoisotopic (exact) mass is 207 g/mol. The van der Waals surface area contributed by atoms with Gasteiger partial charge in [-0.1, -0.05) is 18.9 Å². The normalized spacial score (nSPS) is 14.2. The van der Waals surface area contributed by atoms with Crippen molar-refractivity contribution in [2.75, 3.05) is 0 Å². The van der Waals surface area contributed by atoms with E-state index in [-0.39, 0.29) is 0 Å². The molecule has 0 aromatic rings. The summed E-state index contributed by atoms with van der Waals surface area (Å²) in [5, 5.41) is 25.5. The molecule has 0 radical (unpaired) electrons. The molecule has 0 aromatic carbocycles. The summed E-state index contributed by atoms with van der Waals surface area (Å²) in [7, 11) is -0.795. The summed E-state index contributed by atoms with van der Waals surface area (Å²) in [4.78, 5) is 10.3. The number of unbranched alkanes of at least 4 members (excludes halogenated alkanes) is 1. The van der Waals surface area contributed by atoms with Crippen LogP contribution in [0.1, 0.15) is 19.3 Å². The van der Waals surface area contributed by atoms with Crippen molar-refractivity contribution in [3.8, 4) is 0 Å². The van der Waals surface area contributed by atoms with Crippen molar-refractivity contribution in [2.45, 2.75) is 37.3 Å². The number of carbonyl (C=O) groups is 1. The number of carboxylic acids is 1. The summed E-state index contributed by atoms with van der Waals surface area (Å²) < 4.78 is 0. The molecule has 0 bridgehead atoms. The van der Waals surface area contributed by atoms with Crippen LogP contribution in [-0.4, -0.2) is 42.8 Å². The van der Waals surface area contributed by atoms with Gasteiger partial charge in [-0.2, -0.15) is 0 Å². The predicted molar refractivity (Wildman–Crippen MR) is 51.0 cm³/mol. The van der Waals surface area contributed by atoms with Crippen LogP contribution in [0.15, 0.2) is 0 Å². The molecule has 13 heavy (non-hydrogen) atoms. The molecule has 0 amide bonds. The standard InChI is InChI=1S/C7H17NO4Si/c8-5(6(9)10)3-1-2-4-13-7(11)12/h5,7,11-12H,1-4,8,13H2,(H,9,10)/t5-/m0/s1. The Morgan fingerprint density at radius 1 is 1.38 bits per heavy atom. The highest BCUT2D eigenvalue weighted by molar-refractivity contribution is 6.36. The van der Waals surface area contributed by atoms with E-state index >= 15 is 0 Å². The summed E-state index contributed by atoms with van der Waals surface area (Å²) in [6.07, 6.45) is 2.04. The highest BCUT2D eigenvalue weighted by Gasteiger charge is 2.10. The zero-order valence-electron chi connectivity index (χ0n) is 7.52. The molecule has 0 aromatic heterocycles. The fraction of sp³-hybridized carbons (Fsp3) is 0.857. The lowest BCUT2D eigenvalue weighted by molar-refractivity contribution is -0.138. The highest BCUT2D eigenvalue weighted by atomic mass is 28.2. The van der Waals surface area contributed by atoms with Crippen LogP contribution in [0.3, 0.4) is 0 Å². The molecule has 5 N–H and O–H groups in total. The summed E-state index contributed by atoms with van der Waals surface area (Å²) >= 11 is 0. The van der Waals surface area contributed by atoms with Crippen LogP contribution in [0.25, 0.3) is 0 Å². The van der Waals surface area contributed by atoms with Gasteiger partial charge in [0.1, 0.15) is 12.0 Å². The molecule has 0 unspecified atom stereocenters. The second-order valence-electron chi connectivity index (χ2n) is 3.06. The number of rotatable bonds is 7. The molecule has 0 aliphatic rings. The number of aliphatic carboxylic acids is 1. The number of carboxylic acid groups (broad SMARTS) is 1. The van der Waals surface area contributed by atoms with Crippen LogP contribution in [-0.2, 0) is 4.79 Å². The van der Waals surface area contributed by atoms with Crippen molar-refractivity contribution in [2.24, 2.45) is 5.73 Å². The minimum atomic E-state index is -1.12. The molecule has 0 aliphatic carbocycles. The van der Waals surface area contributed by atoms with E-state index in [4.69, 9.17) is 21.1 Å². The first-order chi connectivity index (χ1) is 6.04. The maximum absolute atomic E-state index is 10.3. The van der Waals surface area contributed by atoms with Crippen LogP contribution in [0.2, 0.25) is 6.04 Å². The number of hydrogen-bond acceptors (Lipinski definition) is 4. The lowest BCUT2D eigenvalue weighted by atomic mass is 10.1. The Bertz CT molecular complexity index is 153. The van der Waals surface area contributed by atoms with E-state index in [0.717, 1.165) is 18.9 Å². The Balaban J connectivity index is 3.21. The van der Waals surface area contributed by atoms with Crippen molar-refractivity contribution >= 4 is 15.5 Å². The van der Waals surface area contributed by atoms with Crippen LogP contribution in [0.5, 0.6) is 0 Å². The van der Waals surface area contributed by atoms with Crippen LogP contribution in [0.4, 0.5) is 0 Å². The van der Waals surface area contributed by atoms with Crippen molar-refractivity contribution < 1.29 is 20.1 Å². The van der Waals surface area contributed by atoms with E-state index < -0.39 is 27.4 Å². The molecule has 0 saturated carbocycles. The van der Waals surface area contributed by atoms with Crippen molar-refractivity contribution in [1.82, 2.24) is 0 Å². The summed E-state index contributed by atoms with van der Waals surface area (Å²) in [6, 6.07) is 0.0463. The van der Waals surface area contributed by atoms with Gasteiger partial charge >= 0.3 is 5.97 Å². The first-order valence-electron chi connectivity index (χ1n) is 4.38. The van der Waals surface area contributed by atoms with Gasteiger partial charge in [0.25, 0.3) is 0 Å². The zero-order valence-corrected chi connectivity index (χ0v) is 8.93. The molecule has 1 atom stereocenters. The summed E-state index contributed by atoms with van der Waals surface area (Å²) in [5.41, 5.74) is 5.27. The van der Waals surface area contributed by atoms with E-state index in [1.165, 1.54) is 0 Å². The Kier molecular flexibility index (Phi) is 6.78. The lowest BCUT2D eigenvalue weighted by Crippen LogP contribution is -2.29. The number of aliphatic hydroxyl groups excluding tert-OH is 1. The maximum atomic E-state index is 10.3. The average molecular weight is 207 g/mol. The van der Waals surface area contributed by atoms with Gasteiger partial charge < -0.3 is 21.1 Å². The third-order valence-electron chi connectivity index (χ3n) is 1.79. The summed E-state index contributed by atoms with van der Waals surface area (Å²) in [5.74, 6) is -2.09. The first kappa shape index (κ1) is 12.6. The van der Waals surface area contributed by atoms with Gasteiger partial charge in [-0.15, -0.1) is 0 Å². The number of aliphatic hydroxyl groups is 2. The second kappa shape index (κ2) is 7.02. The van der Waals surface area contributed by atoms with Crippen molar-refractivity contribution in [1.29, 1.82) is 0 Å². The van der Waals surface area contributed by atoms with Gasteiger partial charge in [-0.3, -0.25) is 4.79 Å². The molecule has 6 heteroatoms. The van der Waals surface area contributed by atoms with Gasteiger partial charge in [0.05, 0.1) is 9.52 Å². The molecular weight excluding hydrogens is 190 g/mol. The molecule has 0 aliphatic heterocycles. The first-order valence-corrected chi connectivity index (χ1v) is 6.20. The van der Waals surface area contributed by atoms with Crippen molar-refractivity contribution in [3.05, 3.63) is 0 Å². The van der Waals surface area contributed by atoms with E-state index in [1.807, 2.05) is 0 Å². The third-order valence-corrected chi connectivity index (χ3v) is 3.22. The van der Waals surface area contributed by atoms with Gasteiger partial charge in [0.2, 0.25) is 0 Å². The SMILES string of the molecule is N[C@@H](CCCC[SiH2]C(O)O)C(=O)O. The van der Waals surface area contributed by atoms with Crippen LogP contribution in [0, 0.1) is 0 Å². The van der Waals surface area contributed by atoms with Gasteiger partial charge in [-0.25, -0.2) is 0 Å². The van der Waals surface area contributed by atoms with Crippen LogP contribution >= 0.6 is 0 Å². The Morgan fingerprint density at radius 2 is 2.00 bits per heavy atom. The zero-order chi connectivity index (χ0) is 10.3. The fourth-order valence-corrected chi connectivity index (χ4v) is 2.00. The largest absolute Gasteiger partial charge is 0.480 e. The van der Waals surface area contributed by atoms with E-state index in [2.05, 4.69) is 0 Å². The summed E-state index contributed by atoms with van der Waals surface area (Å²) in [6.45, 7) is 0. The highest BCUT2D eigenvalue weighted by Crippen LogP contribution is 2.02. The van der Waals surface area contributed by atoms with Gasteiger partial charge in [0, 0.05) is 0 Å². The van der Waals surface area contributed by atoms with Gasteiger partial charge in [-0.05, 0) is 6.42 Å². The minimum Gasteiger partial charge on any atom is -0.480 e. The molecule has 78 valence electrons. The lowest BCUT2D eigenvalue weighted by Gasteiger charge is -2.05. The van der Waals surface area contributed by atoms with E-state index in [0.29, 0.717) is 6.42 Å². The van der Waals surface area contributed by atoms with Crippen molar-refractivity contribution in [3.63, 3.8) is 0 Å². The fourth-order valence-electron chi connectivity index (χ4n) is 0.991. The minimum absolute atomic E-state index is 0.464. The molecule has 5 nitrogen and oxygen atoms in total. The smallest absolute Gasteiger partial charge is 0.320 e. The predicted octanol–water partition coefficient (Wildman–Crippen LogP) is -1.58. The molecule has 0 fully saturated rings. The molecular formula is C7H17NO4Si. The molecule has 0 saturated heterocycles. The Labute approximate surface area is 79.4 Å². The quantitative estimate of drug-likeness (QED) is 0.229. The number of hydrogen-bond donors (Lipinski definition) is 4. The third kappa shape index (κ3) is 7.91. The second-order valence-corrected chi connectivity index (χ2v) is 5.08. The molecule has 0 spiro atoms. The Hall–Kier alpha value is -0.433. The topological polar surface area (TPSA) is 104 Å². The molecule has 0 heterocycles. The van der Waals surface area contributed by atoms with Gasteiger partial charge in [0.15, 0.2) is 0 Å². The number of nitrogens with two attached hydrogens (primary N) is 1. The Morgan fingerprint density at radius 3 is 2.46 bits per heavy atom. The maximum Gasteiger partial charge on any atom is 0.320 e. The molecule has 0 rings (SSSR count). The average Bonchev–Trinajstić information content (AvgIpc) is 2.02. The van der Waals surface area contributed by atoms with E-state index in [1.54, 1.807) is 0 Å².